The van der Waals surface area contributed by atoms with Crippen molar-refractivity contribution in [2.24, 2.45) is 0 Å². The second-order valence-electron chi connectivity index (χ2n) is 3.02. The van der Waals surface area contributed by atoms with Crippen molar-refractivity contribution in [1.29, 1.82) is 0 Å². The van der Waals surface area contributed by atoms with Gasteiger partial charge in [0, 0.05) is 12.5 Å². The van der Waals surface area contributed by atoms with Crippen LogP contribution in [-0.4, -0.2) is 17.0 Å². The molecule has 0 fully saturated rings. The normalized spacial score (nSPS) is 10.0. The molecule has 0 aliphatic carbocycles. The van der Waals surface area contributed by atoms with E-state index in [2.05, 4.69) is 21.2 Å². The van der Waals surface area contributed by atoms with Crippen LogP contribution < -0.4 is 5.32 Å². The average molecular weight is 274 g/mol. The van der Waals surface area contributed by atoms with Gasteiger partial charge in [-0.3, -0.25) is 14.9 Å². The Balaban J connectivity index is 2.56. The van der Waals surface area contributed by atoms with E-state index in [1.54, 1.807) is 19.1 Å². The van der Waals surface area contributed by atoms with E-state index in [-0.39, 0.29) is 18.1 Å². The van der Waals surface area contributed by atoms with Gasteiger partial charge in [-0.2, -0.15) is 0 Å². The molecule has 1 N–H and O–H groups in total. The van der Waals surface area contributed by atoms with Gasteiger partial charge in [-0.25, -0.2) is 0 Å². The fourth-order valence-electron chi connectivity index (χ4n) is 1.01. The molecule has 1 heterocycles. The third-order valence-electron chi connectivity index (χ3n) is 1.77. The quantitative estimate of drug-likeness (QED) is 0.837. The lowest BCUT2D eigenvalue weighted by Crippen LogP contribution is -2.08. The van der Waals surface area contributed by atoms with Crippen LogP contribution in [0.15, 0.2) is 16.5 Å². The Morgan fingerprint density at radius 3 is 2.80 bits per heavy atom. The van der Waals surface area contributed by atoms with E-state index in [0.29, 0.717) is 23.4 Å². The Kier molecular flexibility index (Phi) is 4.55. The van der Waals surface area contributed by atoms with Crippen LogP contribution in [0.4, 0.5) is 5.88 Å². The largest absolute Gasteiger partial charge is 0.445 e. The minimum absolute atomic E-state index is 0.0396. The maximum absolute atomic E-state index is 11.1. The van der Waals surface area contributed by atoms with Gasteiger partial charge in [-0.15, -0.1) is 0 Å². The van der Waals surface area contributed by atoms with Crippen molar-refractivity contribution in [2.75, 3.05) is 10.6 Å². The van der Waals surface area contributed by atoms with Crippen LogP contribution in [0.2, 0.25) is 0 Å². The van der Waals surface area contributed by atoms with Crippen LogP contribution >= 0.6 is 15.9 Å². The molecule has 0 unspecified atom stereocenters. The summed E-state index contributed by atoms with van der Waals surface area (Å²) < 4.78 is 5.26. The Bertz CT molecular complexity index is 327. The smallest absolute Gasteiger partial charge is 0.226 e. The molecule has 0 bridgehead atoms. The zero-order valence-electron chi connectivity index (χ0n) is 8.38. The number of amides is 1. The molecule has 82 valence electrons. The third kappa shape index (κ3) is 3.87. The molecule has 4 nitrogen and oxygen atoms in total. The molecule has 0 aromatic carbocycles. The minimum Gasteiger partial charge on any atom is -0.445 e. The predicted octanol–water partition coefficient (Wildman–Crippen LogP) is 2.13. The van der Waals surface area contributed by atoms with Crippen LogP contribution in [-0.2, 0) is 16.0 Å². The highest BCUT2D eigenvalue weighted by Gasteiger charge is 2.08. The molecule has 0 spiro atoms. The summed E-state index contributed by atoms with van der Waals surface area (Å²) in [5.41, 5.74) is 0. The fourth-order valence-corrected chi connectivity index (χ4v) is 1.21. The molecule has 0 aliphatic rings. The zero-order chi connectivity index (χ0) is 11.3. The minimum atomic E-state index is -0.109. The number of ketones is 1. The number of anilines is 1. The first-order chi connectivity index (χ1) is 7.15. The molecule has 0 aliphatic heterocycles. The zero-order valence-corrected chi connectivity index (χ0v) is 9.96. The number of furan rings is 1. The number of rotatable bonds is 5. The molecule has 0 saturated heterocycles. The van der Waals surface area contributed by atoms with Crippen LogP contribution in [0.25, 0.3) is 0 Å². The number of hydrogen-bond donors (Lipinski definition) is 1. The maximum Gasteiger partial charge on any atom is 0.226 e. The second kappa shape index (κ2) is 5.70. The number of carbonyl (C=O) groups is 2. The summed E-state index contributed by atoms with van der Waals surface area (Å²) in [6.07, 6.45) is 0.642. The molecule has 1 amide bonds. The van der Waals surface area contributed by atoms with Crippen molar-refractivity contribution in [2.45, 2.75) is 19.8 Å². The van der Waals surface area contributed by atoms with Gasteiger partial charge in [-0.1, -0.05) is 22.9 Å². The summed E-state index contributed by atoms with van der Waals surface area (Å²) in [6, 6.07) is 3.33. The van der Waals surface area contributed by atoms with Crippen molar-refractivity contribution in [3.8, 4) is 0 Å². The van der Waals surface area contributed by atoms with Gasteiger partial charge < -0.3 is 4.42 Å². The van der Waals surface area contributed by atoms with Gasteiger partial charge in [0.05, 0.1) is 11.8 Å². The number of carbonyl (C=O) groups excluding carboxylic acids is 2. The summed E-state index contributed by atoms with van der Waals surface area (Å²) in [5, 5.41) is 2.88. The number of halogens is 1. The lowest BCUT2D eigenvalue weighted by atomic mass is 10.2. The Labute approximate surface area is 96.2 Å². The van der Waals surface area contributed by atoms with Crippen molar-refractivity contribution < 1.29 is 14.0 Å². The summed E-state index contributed by atoms with van der Waals surface area (Å²) in [4.78, 5) is 22.1. The molecule has 1 rings (SSSR count). The SMILES string of the molecule is CCC(=O)Nc1ccc(CC(=O)CBr)o1. The maximum atomic E-state index is 11.1. The standard InChI is InChI=1S/C10H12BrNO3/c1-2-9(14)12-10-4-3-8(15-10)5-7(13)6-11/h3-4H,2,5-6H2,1H3,(H,12,14). The number of nitrogens with one attached hydrogen (secondary N) is 1. The Morgan fingerprint density at radius 1 is 1.47 bits per heavy atom. The van der Waals surface area contributed by atoms with Gasteiger partial charge in [0.1, 0.15) is 5.76 Å². The van der Waals surface area contributed by atoms with E-state index in [0.717, 1.165) is 0 Å². The van der Waals surface area contributed by atoms with E-state index < -0.39 is 0 Å². The average Bonchev–Trinajstić information content (AvgIpc) is 2.65. The monoisotopic (exact) mass is 273 g/mol. The molecule has 0 radical (unpaired) electrons. The topological polar surface area (TPSA) is 59.3 Å². The van der Waals surface area contributed by atoms with Crippen LogP contribution in [0.3, 0.4) is 0 Å². The number of alkyl halides is 1. The lowest BCUT2D eigenvalue weighted by molar-refractivity contribution is -0.116. The molecule has 0 atom stereocenters. The van der Waals surface area contributed by atoms with E-state index in [1.807, 2.05) is 0 Å². The van der Waals surface area contributed by atoms with Crippen LogP contribution in [0, 0.1) is 0 Å². The molecule has 1 aromatic heterocycles. The van der Waals surface area contributed by atoms with Crippen molar-refractivity contribution in [1.82, 2.24) is 0 Å². The van der Waals surface area contributed by atoms with Crippen molar-refractivity contribution >= 4 is 33.5 Å². The van der Waals surface area contributed by atoms with Crippen LogP contribution in [0.5, 0.6) is 0 Å². The molecular weight excluding hydrogens is 262 g/mol. The highest BCUT2D eigenvalue weighted by Crippen LogP contribution is 2.14. The van der Waals surface area contributed by atoms with E-state index in [4.69, 9.17) is 4.42 Å². The van der Waals surface area contributed by atoms with Gasteiger partial charge in [0.2, 0.25) is 5.91 Å². The van der Waals surface area contributed by atoms with Gasteiger partial charge >= 0.3 is 0 Å². The molecule has 15 heavy (non-hydrogen) atoms. The first-order valence-corrected chi connectivity index (χ1v) is 5.74. The third-order valence-corrected chi connectivity index (χ3v) is 2.39. The highest BCUT2D eigenvalue weighted by atomic mass is 79.9. The second-order valence-corrected chi connectivity index (χ2v) is 3.58. The molecular formula is C10H12BrNO3. The van der Waals surface area contributed by atoms with Crippen molar-refractivity contribution in [3.05, 3.63) is 17.9 Å². The molecule has 0 saturated carbocycles. The van der Waals surface area contributed by atoms with Crippen molar-refractivity contribution in [3.63, 3.8) is 0 Å². The summed E-state index contributed by atoms with van der Waals surface area (Å²) in [6.45, 7) is 1.76. The van der Waals surface area contributed by atoms with E-state index in [1.165, 1.54) is 0 Å². The Morgan fingerprint density at radius 2 is 2.20 bits per heavy atom. The van der Waals surface area contributed by atoms with Crippen LogP contribution in [0.1, 0.15) is 19.1 Å². The van der Waals surface area contributed by atoms with E-state index in [9.17, 15) is 9.59 Å². The number of hydrogen-bond acceptors (Lipinski definition) is 3. The first-order valence-electron chi connectivity index (χ1n) is 4.62. The van der Waals surface area contributed by atoms with Gasteiger partial charge in [0.15, 0.2) is 11.7 Å². The van der Waals surface area contributed by atoms with Gasteiger partial charge in [-0.05, 0) is 6.07 Å². The number of Topliss-reactive ketones (excluding diaryl/α,β-unsaturated/α-hetero) is 1. The highest BCUT2D eigenvalue weighted by molar-refractivity contribution is 9.09. The van der Waals surface area contributed by atoms with E-state index >= 15 is 0 Å². The summed E-state index contributed by atoms with van der Waals surface area (Å²) >= 11 is 3.07. The first kappa shape index (κ1) is 12.0. The Hall–Kier alpha value is -1.10. The molecule has 5 heteroatoms. The molecule has 1 aromatic rings. The lowest BCUT2D eigenvalue weighted by Gasteiger charge is -1.97. The summed E-state index contributed by atoms with van der Waals surface area (Å²) in [7, 11) is 0. The van der Waals surface area contributed by atoms with Gasteiger partial charge in [0.25, 0.3) is 0 Å². The summed E-state index contributed by atoms with van der Waals surface area (Å²) in [5.74, 6) is 0.880. The fraction of sp³-hybridized carbons (Fsp3) is 0.400. The predicted molar refractivity (Wildman–Crippen MR) is 60.1 cm³/mol.